The van der Waals surface area contributed by atoms with Gasteiger partial charge in [0.25, 0.3) is 0 Å². The number of hydrogen-bond acceptors (Lipinski definition) is 4. The Balaban J connectivity index is 1.84. The third-order valence-corrected chi connectivity index (χ3v) is 4.33. The number of carbonyl (C=O) groups excluding carboxylic acids is 1. The molecule has 1 heterocycles. The topological polar surface area (TPSA) is 48.4 Å². The molecule has 0 unspecified atom stereocenters. The van der Waals surface area contributed by atoms with Crippen molar-refractivity contribution in [2.45, 2.75) is 31.1 Å². The van der Waals surface area contributed by atoms with Crippen LogP contribution in [0.15, 0.2) is 48.8 Å². The number of nitrogens with zero attached hydrogens (tertiary/aromatic N) is 1. The molecule has 0 atom stereocenters. The van der Waals surface area contributed by atoms with Crippen molar-refractivity contribution in [3.05, 3.63) is 54.4 Å². The van der Waals surface area contributed by atoms with Gasteiger partial charge in [-0.1, -0.05) is 18.9 Å². The van der Waals surface area contributed by atoms with Crippen molar-refractivity contribution in [3.8, 4) is 11.5 Å². The minimum atomic E-state index is -0.561. The minimum absolute atomic E-state index is 0.192. The smallest absolute Gasteiger partial charge is 0.322 e. The number of esters is 1. The fourth-order valence-electron chi connectivity index (χ4n) is 3.08. The number of aromatic nitrogens is 1. The summed E-state index contributed by atoms with van der Waals surface area (Å²) >= 11 is 0. The number of benzene rings is 1. The highest BCUT2D eigenvalue weighted by Crippen LogP contribution is 2.42. The molecule has 4 nitrogen and oxygen atoms in total. The van der Waals surface area contributed by atoms with Gasteiger partial charge >= 0.3 is 5.97 Å². The fourth-order valence-corrected chi connectivity index (χ4v) is 3.08. The molecule has 0 radical (unpaired) electrons. The number of methoxy groups -OCH3 is 1. The molecule has 1 fully saturated rings. The van der Waals surface area contributed by atoms with E-state index in [1.807, 2.05) is 12.1 Å². The molecular formula is C18H19NO3. The lowest BCUT2D eigenvalue weighted by molar-refractivity contribution is -0.140. The van der Waals surface area contributed by atoms with Crippen molar-refractivity contribution >= 4 is 5.97 Å². The Morgan fingerprint density at radius 2 is 1.77 bits per heavy atom. The summed E-state index contributed by atoms with van der Waals surface area (Å²) in [5, 5.41) is 0. The van der Waals surface area contributed by atoms with Gasteiger partial charge in [-0.05, 0) is 48.7 Å². The predicted molar refractivity (Wildman–Crippen MR) is 83.0 cm³/mol. The molecule has 0 amide bonds. The fraction of sp³-hybridized carbons (Fsp3) is 0.333. The normalized spacial score (nSPS) is 16.2. The summed E-state index contributed by atoms with van der Waals surface area (Å²) in [6.07, 6.45) is 7.20. The van der Waals surface area contributed by atoms with Crippen molar-refractivity contribution in [3.63, 3.8) is 0 Å². The molecule has 1 aromatic heterocycles. The van der Waals surface area contributed by atoms with Gasteiger partial charge in [-0.3, -0.25) is 9.78 Å². The summed E-state index contributed by atoms with van der Waals surface area (Å²) in [4.78, 5) is 17.0. The Morgan fingerprint density at radius 3 is 2.36 bits per heavy atom. The second kappa shape index (κ2) is 6.18. The summed E-state index contributed by atoms with van der Waals surface area (Å²) < 4.78 is 10.7. The van der Waals surface area contributed by atoms with Gasteiger partial charge in [0, 0.05) is 12.4 Å². The second-order valence-corrected chi connectivity index (χ2v) is 5.60. The van der Waals surface area contributed by atoms with Gasteiger partial charge in [-0.15, -0.1) is 0 Å². The molecule has 0 spiro atoms. The average Bonchev–Trinajstić information content (AvgIpc) is 3.07. The molecule has 22 heavy (non-hydrogen) atoms. The Bertz CT molecular complexity index is 631. The molecule has 0 aliphatic heterocycles. The van der Waals surface area contributed by atoms with Gasteiger partial charge in [-0.25, -0.2) is 0 Å². The third-order valence-electron chi connectivity index (χ3n) is 4.33. The Morgan fingerprint density at radius 1 is 1.09 bits per heavy atom. The van der Waals surface area contributed by atoms with E-state index < -0.39 is 5.41 Å². The van der Waals surface area contributed by atoms with Crippen molar-refractivity contribution in [2.24, 2.45) is 0 Å². The van der Waals surface area contributed by atoms with Gasteiger partial charge in [0.2, 0.25) is 0 Å². The van der Waals surface area contributed by atoms with Crippen LogP contribution in [0.4, 0.5) is 0 Å². The van der Waals surface area contributed by atoms with Crippen molar-refractivity contribution in [1.29, 1.82) is 0 Å². The highest BCUT2D eigenvalue weighted by atomic mass is 16.5. The Kier molecular flexibility index (Phi) is 4.09. The highest BCUT2D eigenvalue weighted by Gasteiger charge is 2.44. The lowest BCUT2D eigenvalue weighted by Crippen LogP contribution is -2.36. The molecule has 0 N–H and O–H groups in total. The predicted octanol–water partition coefficient (Wildman–Crippen LogP) is 3.51. The maximum absolute atomic E-state index is 12.8. The van der Waals surface area contributed by atoms with Gasteiger partial charge in [0.05, 0.1) is 12.5 Å². The van der Waals surface area contributed by atoms with E-state index >= 15 is 0 Å². The van der Waals surface area contributed by atoms with Crippen LogP contribution in [0.2, 0.25) is 0 Å². The van der Waals surface area contributed by atoms with Crippen LogP contribution in [0.5, 0.6) is 11.5 Å². The number of rotatable bonds is 4. The van der Waals surface area contributed by atoms with Crippen LogP contribution in [0, 0.1) is 0 Å². The van der Waals surface area contributed by atoms with E-state index in [9.17, 15) is 4.79 Å². The van der Waals surface area contributed by atoms with Crippen molar-refractivity contribution in [2.75, 3.05) is 7.11 Å². The van der Waals surface area contributed by atoms with Crippen LogP contribution in [0.25, 0.3) is 0 Å². The van der Waals surface area contributed by atoms with Crippen LogP contribution >= 0.6 is 0 Å². The maximum atomic E-state index is 12.8. The van der Waals surface area contributed by atoms with Crippen LogP contribution in [-0.2, 0) is 10.2 Å². The molecule has 1 aromatic carbocycles. The van der Waals surface area contributed by atoms with E-state index in [2.05, 4.69) is 4.98 Å². The summed E-state index contributed by atoms with van der Waals surface area (Å²) in [6, 6.07) is 10.9. The lowest BCUT2D eigenvalue weighted by atomic mass is 9.80. The Hall–Kier alpha value is -2.36. The molecule has 0 bridgehead atoms. The van der Waals surface area contributed by atoms with Gasteiger partial charge < -0.3 is 9.47 Å². The van der Waals surface area contributed by atoms with E-state index in [4.69, 9.17) is 9.47 Å². The third kappa shape index (κ3) is 2.69. The van der Waals surface area contributed by atoms with Gasteiger partial charge in [0.1, 0.15) is 11.5 Å². The molecule has 1 aliphatic rings. The molecule has 3 rings (SSSR count). The monoisotopic (exact) mass is 297 g/mol. The number of hydrogen-bond donors (Lipinski definition) is 0. The molecule has 2 aromatic rings. The average molecular weight is 297 g/mol. The van der Waals surface area contributed by atoms with E-state index in [1.54, 1.807) is 43.8 Å². The van der Waals surface area contributed by atoms with Gasteiger partial charge in [0.15, 0.2) is 0 Å². The van der Waals surface area contributed by atoms with Crippen molar-refractivity contribution in [1.82, 2.24) is 4.98 Å². The summed E-state index contributed by atoms with van der Waals surface area (Å²) in [5.74, 6) is 1.09. The first-order chi connectivity index (χ1) is 10.7. The molecule has 0 saturated heterocycles. The first kappa shape index (κ1) is 14.6. The zero-order valence-electron chi connectivity index (χ0n) is 12.6. The van der Waals surface area contributed by atoms with Crippen molar-refractivity contribution < 1.29 is 14.3 Å². The van der Waals surface area contributed by atoms with Crippen LogP contribution in [0.3, 0.4) is 0 Å². The number of ether oxygens (including phenoxy) is 2. The number of carbonyl (C=O) groups is 1. The van der Waals surface area contributed by atoms with Gasteiger partial charge in [-0.2, -0.15) is 0 Å². The molecule has 1 saturated carbocycles. The highest BCUT2D eigenvalue weighted by molar-refractivity contribution is 5.85. The number of pyridine rings is 1. The summed E-state index contributed by atoms with van der Waals surface area (Å²) in [7, 11) is 1.61. The Labute approximate surface area is 130 Å². The van der Waals surface area contributed by atoms with Crippen LogP contribution in [0.1, 0.15) is 31.2 Å². The minimum Gasteiger partial charge on any atom is -0.497 e. The summed E-state index contributed by atoms with van der Waals surface area (Å²) in [5.41, 5.74) is 0.389. The molecular weight excluding hydrogens is 278 g/mol. The maximum Gasteiger partial charge on any atom is 0.322 e. The second-order valence-electron chi connectivity index (χ2n) is 5.60. The van der Waals surface area contributed by atoms with E-state index in [0.29, 0.717) is 5.75 Å². The van der Waals surface area contributed by atoms with Crippen LogP contribution in [-0.4, -0.2) is 18.1 Å². The van der Waals surface area contributed by atoms with Crippen LogP contribution < -0.4 is 9.47 Å². The standard InChI is InChI=1S/C18H19NO3/c1-21-15-6-8-16(9-7-15)22-17(20)18(10-2-3-11-18)14-5-4-12-19-13-14/h4-9,12-13H,2-3,10-11H2,1H3. The zero-order chi connectivity index (χ0) is 15.4. The van der Waals surface area contributed by atoms with E-state index in [-0.39, 0.29) is 5.97 Å². The molecule has 4 heteroatoms. The quantitative estimate of drug-likeness (QED) is 0.640. The SMILES string of the molecule is COc1ccc(OC(=O)C2(c3cccnc3)CCCC2)cc1. The zero-order valence-corrected chi connectivity index (χ0v) is 12.6. The first-order valence-electron chi connectivity index (χ1n) is 7.51. The lowest BCUT2D eigenvalue weighted by Gasteiger charge is -2.26. The first-order valence-corrected chi connectivity index (χ1v) is 7.51. The molecule has 1 aliphatic carbocycles. The van der Waals surface area contributed by atoms with E-state index in [1.165, 1.54) is 0 Å². The van der Waals surface area contributed by atoms with E-state index in [0.717, 1.165) is 37.0 Å². The molecule has 114 valence electrons. The largest absolute Gasteiger partial charge is 0.497 e. The summed E-state index contributed by atoms with van der Waals surface area (Å²) in [6.45, 7) is 0.